The van der Waals surface area contributed by atoms with E-state index < -0.39 is 0 Å². The van der Waals surface area contributed by atoms with E-state index >= 15 is 0 Å². The lowest BCUT2D eigenvalue weighted by Gasteiger charge is -2.39. The Morgan fingerprint density at radius 3 is 2.65 bits per heavy atom. The first-order valence-corrected chi connectivity index (χ1v) is 7.87. The van der Waals surface area contributed by atoms with Gasteiger partial charge in [0.15, 0.2) is 0 Å². The van der Waals surface area contributed by atoms with Crippen LogP contribution in [0.1, 0.15) is 46.0 Å². The molecular formula is C15H26N2O3. The van der Waals surface area contributed by atoms with Gasteiger partial charge < -0.3 is 15.0 Å². The van der Waals surface area contributed by atoms with E-state index in [1.165, 1.54) is 0 Å². The third kappa shape index (κ3) is 3.51. The van der Waals surface area contributed by atoms with E-state index in [-0.39, 0.29) is 23.9 Å². The molecule has 5 heteroatoms. The van der Waals surface area contributed by atoms with Gasteiger partial charge >= 0.3 is 0 Å². The minimum absolute atomic E-state index is 0.0276. The lowest BCUT2D eigenvalue weighted by Crippen LogP contribution is -2.64. The van der Waals surface area contributed by atoms with Crippen LogP contribution in [0.3, 0.4) is 0 Å². The molecule has 1 aliphatic heterocycles. The van der Waals surface area contributed by atoms with Crippen molar-refractivity contribution < 1.29 is 14.3 Å². The summed E-state index contributed by atoms with van der Waals surface area (Å²) in [6, 6.07) is -0.563. The summed E-state index contributed by atoms with van der Waals surface area (Å²) in [5.74, 6) is 0.505. The Morgan fingerprint density at radius 2 is 2.05 bits per heavy atom. The fourth-order valence-electron chi connectivity index (χ4n) is 2.84. The number of amides is 2. The van der Waals surface area contributed by atoms with Gasteiger partial charge in [-0.1, -0.05) is 13.3 Å². The molecule has 2 amide bonds. The van der Waals surface area contributed by atoms with Crippen molar-refractivity contribution in [1.82, 2.24) is 10.2 Å². The molecule has 0 radical (unpaired) electrons. The summed E-state index contributed by atoms with van der Waals surface area (Å²) < 4.78 is 5.33. The topological polar surface area (TPSA) is 58.6 Å². The highest BCUT2D eigenvalue weighted by Gasteiger charge is 2.46. The molecule has 2 fully saturated rings. The molecule has 2 unspecified atom stereocenters. The molecule has 2 rings (SSSR count). The van der Waals surface area contributed by atoms with Gasteiger partial charge in [-0.05, 0) is 38.5 Å². The molecule has 1 saturated carbocycles. The Balaban J connectivity index is 1.99. The highest BCUT2D eigenvalue weighted by Crippen LogP contribution is 2.35. The van der Waals surface area contributed by atoms with Crippen molar-refractivity contribution >= 4 is 11.8 Å². The van der Waals surface area contributed by atoms with Crippen LogP contribution in [0.2, 0.25) is 0 Å². The van der Waals surface area contributed by atoms with Crippen molar-refractivity contribution in [3.63, 3.8) is 0 Å². The van der Waals surface area contributed by atoms with Crippen LogP contribution in [-0.2, 0) is 14.3 Å². The van der Waals surface area contributed by atoms with Crippen molar-refractivity contribution in [3.8, 4) is 0 Å². The van der Waals surface area contributed by atoms with Gasteiger partial charge in [-0.25, -0.2) is 0 Å². The maximum atomic E-state index is 12.6. The summed E-state index contributed by atoms with van der Waals surface area (Å²) in [6.45, 7) is 5.97. The van der Waals surface area contributed by atoms with Crippen LogP contribution < -0.4 is 5.32 Å². The molecule has 1 aliphatic carbocycles. The van der Waals surface area contributed by atoms with Crippen molar-refractivity contribution in [2.24, 2.45) is 5.92 Å². The summed E-state index contributed by atoms with van der Waals surface area (Å²) >= 11 is 0. The first kappa shape index (κ1) is 15.3. The maximum absolute atomic E-state index is 12.6. The minimum atomic E-state index is -0.288. The Kier molecular flexibility index (Phi) is 5.40. The number of hydrogen-bond donors (Lipinski definition) is 1. The average molecular weight is 282 g/mol. The Labute approximate surface area is 121 Å². The van der Waals surface area contributed by atoms with Crippen LogP contribution in [-0.4, -0.2) is 48.6 Å². The fraction of sp³-hybridized carbons (Fsp3) is 0.867. The van der Waals surface area contributed by atoms with Gasteiger partial charge in [0, 0.05) is 19.8 Å². The van der Waals surface area contributed by atoms with Gasteiger partial charge in [0.25, 0.3) is 0 Å². The third-order valence-electron chi connectivity index (χ3n) is 4.07. The SMILES string of the molecule is CCCC1C(=O)NC(C2CC2)C(=O)N1CCCOCC. The molecular weight excluding hydrogens is 256 g/mol. The van der Waals surface area contributed by atoms with Crippen molar-refractivity contribution in [1.29, 1.82) is 0 Å². The predicted molar refractivity (Wildman–Crippen MR) is 76.2 cm³/mol. The second-order valence-corrected chi connectivity index (χ2v) is 5.71. The van der Waals surface area contributed by atoms with E-state index in [0.717, 1.165) is 32.1 Å². The van der Waals surface area contributed by atoms with E-state index in [0.29, 0.717) is 25.7 Å². The number of carbonyl (C=O) groups is 2. The molecule has 1 heterocycles. The van der Waals surface area contributed by atoms with E-state index in [1.54, 1.807) is 4.90 Å². The van der Waals surface area contributed by atoms with Crippen molar-refractivity contribution in [2.45, 2.75) is 58.0 Å². The smallest absolute Gasteiger partial charge is 0.246 e. The Bertz CT molecular complexity index is 355. The zero-order valence-electron chi connectivity index (χ0n) is 12.6. The quantitative estimate of drug-likeness (QED) is 0.683. The van der Waals surface area contributed by atoms with Gasteiger partial charge in [-0.15, -0.1) is 0 Å². The van der Waals surface area contributed by atoms with E-state index in [2.05, 4.69) is 5.32 Å². The second kappa shape index (κ2) is 7.07. The van der Waals surface area contributed by atoms with E-state index in [1.807, 2.05) is 13.8 Å². The molecule has 5 nitrogen and oxygen atoms in total. The zero-order valence-corrected chi connectivity index (χ0v) is 12.6. The Hall–Kier alpha value is -1.10. The molecule has 1 N–H and O–H groups in total. The molecule has 0 aromatic rings. The molecule has 0 spiro atoms. The number of nitrogens with one attached hydrogen (secondary N) is 1. The molecule has 20 heavy (non-hydrogen) atoms. The third-order valence-corrected chi connectivity index (χ3v) is 4.07. The molecule has 0 aromatic heterocycles. The van der Waals surface area contributed by atoms with Gasteiger partial charge in [0.2, 0.25) is 11.8 Å². The molecule has 0 aromatic carbocycles. The van der Waals surface area contributed by atoms with Crippen LogP contribution in [0.25, 0.3) is 0 Å². The second-order valence-electron chi connectivity index (χ2n) is 5.71. The number of ether oxygens (including phenoxy) is 1. The average Bonchev–Trinajstić information content (AvgIpc) is 3.25. The molecule has 114 valence electrons. The van der Waals surface area contributed by atoms with Gasteiger partial charge in [-0.2, -0.15) is 0 Å². The summed E-state index contributed by atoms with van der Waals surface area (Å²) in [5, 5.41) is 2.93. The van der Waals surface area contributed by atoms with Crippen LogP contribution in [0, 0.1) is 5.92 Å². The maximum Gasteiger partial charge on any atom is 0.246 e. The number of rotatable bonds is 8. The van der Waals surface area contributed by atoms with Crippen LogP contribution in [0.15, 0.2) is 0 Å². The fourth-order valence-corrected chi connectivity index (χ4v) is 2.84. The van der Waals surface area contributed by atoms with Gasteiger partial charge in [-0.3, -0.25) is 9.59 Å². The number of hydrogen-bond acceptors (Lipinski definition) is 3. The van der Waals surface area contributed by atoms with E-state index in [4.69, 9.17) is 4.74 Å². The highest BCUT2D eigenvalue weighted by atomic mass is 16.5. The van der Waals surface area contributed by atoms with Gasteiger partial charge in [0.05, 0.1) is 0 Å². The summed E-state index contributed by atoms with van der Waals surface area (Å²) in [4.78, 5) is 26.6. The Morgan fingerprint density at radius 1 is 1.30 bits per heavy atom. The highest BCUT2D eigenvalue weighted by molar-refractivity contribution is 5.97. The molecule has 0 bridgehead atoms. The lowest BCUT2D eigenvalue weighted by molar-refractivity contribution is -0.150. The summed E-state index contributed by atoms with van der Waals surface area (Å²) in [7, 11) is 0. The number of carbonyl (C=O) groups excluding carboxylic acids is 2. The van der Waals surface area contributed by atoms with Crippen LogP contribution in [0.4, 0.5) is 0 Å². The van der Waals surface area contributed by atoms with E-state index in [9.17, 15) is 9.59 Å². The van der Waals surface area contributed by atoms with Crippen molar-refractivity contribution in [2.75, 3.05) is 19.8 Å². The summed E-state index contributed by atoms with van der Waals surface area (Å²) in [6.07, 6.45) is 4.55. The molecule has 1 saturated heterocycles. The molecule has 2 atom stereocenters. The van der Waals surface area contributed by atoms with Crippen LogP contribution >= 0.6 is 0 Å². The van der Waals surface area contributed by atoms with Crippen LogP contribution in [0.5, 0.6) is 0 Å². The molecule has 2 aliphatic rings. The number of piperazine rings is 1. The normalized spacial score (nSPS) is 26.8. The lowest BCUT2D eigenvalue weighted by atomic mass is 10.0. The van der Waals surface area contributed by atoms with Crippen molar-refractivity contribution in [3.05, 3.63) is 0 Å². The predicted octanol–water partition coefficient (Wildman–Crippen LogP) is 1.32. The zero-order chi connectivity index (χ0) is 14.5. The van der Waals surface area contributed by atoms with Gasteiger partial charge in [0.1, 0.15) is 12.1 Å². The standard InChI is InChI=1S/C15H26N2O3/c1-3-6-12-14(18)16-13(11-7-8-11)15(19)17(12)9-5-10-20-4-2/h11-13H,3-10H2,1-2H3,(H,16,18). The summed E-state index contributed by atoms with van der Waals surface area (Å²) in [5.41, 5.74) is 0. The number of nitrogens with zero attached hydrogens (tertiary/aromatic N) is 1. The first-order chi connectivity index (χ1) is 9.69. The largest absolute Gasteiger partial charge is 0.382 e. The first-order valence-electron chi connectivity index (χ1n) is 7.87. The monoisotopic (exact) mass is 282 g/mol. The minimum Gasteiger partial charge on any atom is -0.382 e.